The molecule has 2 rings (SSSR count). The van der Waals surface area contributed by atoms with Crippen molar-refractivity contribution in [1.82, 2.24) is 14.9 Å². The van der Waals surface area contributed by atoms with E-state index in [-0.39, 0.29) is 11.8 Å². The van der Waals surface area contributed by atoms with Gasteiger partial charge in [0.05, 0.1) is 12.5 Å². The quantitative estimate of drug-likeness (QED) is 0.857. The van der Waals surface area contributed by atoms with Crippen LogP contribution in [0, 0.1) is 0 Å². The molecule has 2 aromatic rings. The highest BCUT2D eigenvalue weighted by Gasteiger charge is 2.09. The number of rotatable bonds is 6. The molecule has 0 aliphatic heterocycles. The van der Waals surface area contributed by atoms with Crippen molar-refractivity contribution >= 4 is 17.5 Å². The number of amides is 2. The summed E-state index contributed by atoms with van der Waals surface area (Å²) < 4.78 is 1.67. The third-order valence-corrected chi connectivity index (χ3v) is 3.22. The Hall–Kier alpha value is -2.63. The molecule has 0 radical (unpaired) electrons. The highest BCUT2D eigenvalue weighted by atomic mass is 16.2. The molecule has 0 aliphatic carbocycles. The second kappa shape index (κ2) is 7.40. The Kier molecular flexibility index (Phi) is 5.30. The number of aryl methyl sites for hydroxylation is 1. The molecule has 6 heteroatoms. The summed E-state index contributed by atoms with van der Waals surface area (Å²) in [5, 5.41) is 5.66. The largest absolute Gasteiger partial charge is 0.347 e. The van der Waals surface area contributed by atoms with Gasteiger partial charge in [-0.25, -0.2) is 4.98 Å². The van der Waals surface area contributed by atoms with Crippen LogP contribution in [0.1, 0.15) is 35.8 Å². The van der Waals surface area contributed by atoms with E-state index in [2.05, 4.69) is 15.6 Å². The zero-order chi connectivity index (χ0) is 15.9. The van der Waals surface area contributed by atoms with Crippen LogP contribution in [-0.2, 0) is 18.4 Å². The van der Waals surface area contributed by atoms with Crippen LogP contribution in [0.2, 0.25) is 0 Å². The molecular formula is C16H20N4O2. The van der Waals surface area contributed by atoms with Gasteiger partial charge in [0.1, 0.15) is 5.69 Å². The Bertz CT molecular complexity index is 646. The maximum atomic E-state index is 12.0. The molecule has 2 N–H and O–H groups in total. The van der Waals surface area contributed by atoms with Gasteiger partial charge in [0.15, 0.2) is 0 Å². The highest BCUT2D eigenvalue weighted by molar-refractivity contribution is 5.92. The van der Waals surface area contributed by atoms with E-state index >= 15 is 0 Å². The van der Waals surface area contributed by atoms with Gasteiger partial charge in [0.25, 0.3) is 5.91 Å². The molecule has 0 saturated heterocycles. The summed E-state index contributed by atoms with van der Waals surface area (Å²) in [5.41, 5.74) is 2.24. The predicted octanol–water partition coefficient (Wildman–Crippen LogP) is 2.09. The maximum Gasteiger partial charge on any atom is 0.269 e. The minimum Gasteiger partial charge on any atom is -0.347 e. The van der Waals surface area contributed by atoms with E-state index in [1.807, 2.05) is 31.2 Å². The zero-order valence-corrected chi connectivity index (χ0v) is 12.8. The van der Waals surface area contributed by atoms with E-state index in [0.717, 1.165) is 17.7 Å². The van der Waals surface area contributed by atoms with E-state index in [1.165, 1.54) is 6.20 Å². The number of aromatic nitrogens is 2. The standard InChI is InChI=1S/C16H20N4O2/c1-3-4-15(21)19-13-7-5-12(6-8-13)9-18-16(22)14-10-17-11-20(14)2/h5-8,10-11H,3-4,9H2,1-2H3,(H,18,22)(H,19,21). The molecule has 0 atom stereocenters. The number of nitrogens with zero attached hydrogens (tertiary/aromatic N) is 2. The van der Waals surface area contributed by atoms with E-state index in [0.29, 0.717) is 18.7 Å². The van der Waals surface area contributed by atoms with E-state index in [1.54, 1.807) is 17.9 Å². The lowest BCUT2D eigenvalue weighted by atomic mass is 10.2. The fourth-order valence-electron chi connectivity index (χ4n) is 2.01. The van der Waals surface area contributed by atoms with Crippen LogP contribution in [-0.4, -0.2) is 21.4 Å². The van der Waals surface area contributed by atoms with Gasteiger partial charge in [-0.15, -0.1) is 0 Å². The minimum absolute atomic E-state index is 0.0137. The molecule has 0 unspecified atom stereocenters. The topological polar surface area (TPSA) is 76.0 Å². The number of anilines is 1. The monoisotopic (exact) mass is 300 g/mol. The fraction of sp³-hybridized carbons (Fsp3) is 0.312. The first-order valence-corrected chi connectivity index (χ1v) is 7.23. The number of hydrogen-bond acceptors (Lipinski definition) is 3. The fourth-order valence-corrected chi connectivity index (χ4v) is 2.01. The Morgan fingerprint density at radius 2 is 1.95 bits per heavy atom. The molecule has 1 aromatic carbocycles. The second-order valence-corrected chi connectivity index (χ2v) is 5.07. The summed E-state index contributed by atoms with van der Waals surface area (Å²) in [6, 6.07) is 7.43. The Morgan fingerprint density at radius 1 is 1.23 bits per heavy atom. The van der Waals surface area contributed by atoms with Crippen molar-refractivity contribution in [3.05, 3.63) is 48.0 Å². The number of carbonyl (C=O) groups is 2. The van der Waals surface area contributed by atoms with Gasteiger partial charge in [-0.1, -0.05) is 19.1 Å². The minimum atomic E-state index is -0.166. The molecule has 22 heavy (non-hydrogen) atoms. The number of hydrogen-bond donors (Lipinski definition) is 2. The molecule has 0 spiro atoms. The van der Waals surface area contributed by atoms with Gasteiger partial charge >= 0.3 is 0 Å². The molecule has 0 fully saturated rings. The van der Waals surface area contributed by atoms with Crippen LogP contribution in [0.15, 0.2) is 36.8 Å². The highest BCUT2D eigenvalue weighted by Crippen LogP contribution is 2.10. The number of imidazole rings is 1. The smallest absolute Gasteiger partial charge is 0.269 e. The Morgan fingerprint density at radius 3 is 2.55 bits per heavy atom. The first kappa shape index (κ1) is 15.8. The van der Waals surface area contributed by atoms with Crippen LogP contribution in [0.3, 0.4) is 0 Å². The lowest BCUT2D eigenvalue weighted by Gasteiger charge is -2.08. The normalized spacial score (nSPS) is 10.3. The van der Waals surface area contributed by atoms with E-state index in [9.17, 15) is 9.59 Å². The molecule has 0 bridgehead atoms. The molecule has 2 amide bonds. The van der Waals surface area contributed by atoms with Gasteiger partial charge in [-0.3, -0.25) is 9.59 Å². The summed E-state index contributed by atoms with van der Waals surface area (Å²) in [5.74, 6) is -0.153. The first-order chi connectivity index (χ1) is 10.6. The van der Waals surface area contributed by atoms with Crippen molar-refractivity contribution in [2.75, 3.05) is 5.32 Å². The summed E-state index contributed by atoms with van der Waals surface area (Å²) in [6.07, 6.45) is 4.46. The average Bonchev–Trinajstić information content (AvgIpc) is 2.93. The van der Waals surface area contributed by atoms with Crippen molar-refractivity contribution in [2.24, 2.45) is 7.05 Å². The number of nitrogens with one attached hydrogen (secondary N) is 2. The third-order valence-electron chi connectivity index (χ3n) is 3.22. The van der Waals surface area contributed by atoms with Crippen molar-refractivity contribution in [2.45, 2.75) is 26.3 Å². The summed E-state index contributed by atoms with van der Waals surface area (Å²) in [6.45, 7) is 2.39. The van der Waals surface area contributed by atoms with Gasteiger partial charge in [-0.05, 0) is 24.1 Å². The number of benzene rings is 1. The molecule has 0 aliphatic rings. The Balaban J connectivity index is 1.88. The summed E-state index contributed by atoms with van der Waals surface area (Å²) in [7, 11) is 1.77. The SMILES string of the molecule is CCCC(=O)Nc1ccc(CNC(=O)c2cncn2C)cc1. The van der Waals surface area contributed by atoms with Crippen LogP contribution in [0.4, 0.5) is 5.69 Å². The van der Waals surface area contributed by atoms with Crippen LogP contribution < -0.4 is 10.6 Å². The first-order valence-electron chi connectivity index (χ1n) is 7.23. The van der Waals surface area contributed by atoms with Crippen LogP contribution in [0.5, 0.6) is 0 Å². The molecule has 1 heterocycles. The van der Waals surface area contributed by atoms with Gasteiger partial charge in [-0.2, -0.15) is 0 Å². The van der Waals surface area contributed by atoms with Crippen LogP contribution >= 0.6 is 0 Å². The average molecular weight is 300 g/mol. The third kappa shape index (κ3) is 4.18. The summed E-state index contributed by atoms with van der Waals surface area (Å²) in [4.78, 5) is 27.4. The van der Waals surface area contributed by atoms with E-state index in [4.69, 9.17) is 0 Å². The maximum absolute atomic E-state index is 12.0. The summed E-state index contributed by atoms with van der Waals surface area (Å²) >= 11 is 0. The molecular weight excluding hydrogens is 280 g/mol. The van der Waals surface area contributed by atoms with Gasteiger partial charge in [0.2, 0.25) is 5.91 Å². The van der Waals surface area contributed by atoms with Crippen molar-refractivity contribution in [3.63, 3.8) is 0 Å². The van der Waals surface area contributed by atoms with Crippen LogP contribution in [0.25, 0.3) is 0 Å². The predicted molar refractivity (Wildman–Crippen MR) is 84.4 cm³/mol. The zero-order valence-electron chi connectivity index (χ0n) is 12.8. The molecule has 116 valence electrons. The lowest BCUT2D eigenvalue weighted by Crippen LogP contribution is -2.24. The lowest BCUT2D eigenvalue weighted by molar-refractivity contribution is -0.116. The molecule has 1 aromatic heterocycles. The molecule has 6 nitrogen and oxygen atoms in total. The second-order valence-electron chi connectivity index (χ2n) is 5.07. The van der Waals surface area contributed by atoms with E-state index < -0.39 is 0 Å². The van der Waals surface area contributed by atoms with Gasteiger partial charge in [0, 0.05) is 25.7 Å². The van der Waals surface area contributed by atoms with Crippen molar-refractivity contribution in [1.29, 1.82) is 0 Å². The molecule has 0 saturated carbocycles. The van der Waals surface area contributed by atoms with Crippen molar-refractivity contribution in [3.8, 4) is 0 Å². The van der Waals surface area contributed by atoms with Crippen molar-refractivity contribution < 1.29 is 9.59 Å². The number of carbonyl (C=O) groups excluding carboxylic acids is 2. The Labute approximate surface area is 129 Å². The van der Waals surface area contributed by atoms with Gasteiger partial charge < -0.3 is 15.2 Å².